The van der Waals surface area contributed by atoms with E-state index in [1.807, 2.05) is 6.07 Å². The Kier molecular flexibility index (Phi) is 4.71. The van der Waals surface area contributed by atoms with Crippen molar-refractivity contribution in [1.29, 1.82) is 0 Å². The van der Waals surface area contributed by atoms with Gasteiger partial charge in [-0.15, -0.1) is 0 Å². The summed E-state index contributed by atoms with van der Waals surface area (Å²) in [4.78, 5) is 13.0. The summed E-state index contributed by atoms with van der Waals surface area (Å²) in [5, 5.41) is 8.68. The molecular weight excluding hydrogens is 262 g/mol. The number of rotatable bonds is 4. The predicted molar refractivity (Wildman–Crippen MR) is 87.7 cm³/mol. The minimum atomic E-state index is -0.911. The molecule has 0 bridgehead atoms. The fourth-order valence-electron chi connectivity index (χ4n) is 2.95. The van der Waals surface area contributed by atoms with E-state index in [4.69, 9.17) is 5.11 Å². The number of carbonyl (C=O) groups is 1. The molecule has 0 radical (unpaired) electrons. The molecule has 0 spiro atoms. The molecule has 1 saturated heterocycles. The SMILES string of the molecule is CCC1(C)CCN(c2ccc(C=CC(=O)O)cc2C)CC1. The zero-order chi connectivity index (χ0) is 15.5. The molecule has 2 rings (SSSR count). The minimum Gasteiger partial charge on any atom is -0.478 e. The summed E-state index contributed by atoms with van der Waals surface area (Å²) < 4.78 is 0. The van der Waals surface area contributed by atoms with E-state index in [9.17, 15) is 4.79 Å². The van der Waals surface area contributed by atoms with Crippen molar-refractivity contribution < 1.29 is 9.90 Å². The van der Waals surface area contributed by atoms with E-state index in [1.165, 1.54) is 36.6 Å². The van der Waals surface area contributed by atoms with Gasteiger partial charge in [-0.25, -0.2) is 4.79 Å². The Balaban J connectivity index is 2.10. The van der Waals surface area contributed by atoms with E-state index >= 15 is 0 Å². The lowest BCUT2D eigenvalue weighted by Crippen LogP contribution is -2.38. The van der Waals surface area contributed by atoms with Gasteiger partial charge >= 0.3 is 5.97 Å². The van der Waals surface area contributed by atoms with Gasteiger partial charge in [0.1, 0.15) is 0 Å². The molecule has 1 fully saturated rings. The number of anilines is 1. The van der Waals surface area contributed by atoms with Crippen LogP contribution < -0.4 is 4.90 Å². The van der Waals surface area contributed by atoms with Gasteiger partial charge in [-0.1, -0.05) is 26.3 Å². The second-order valence-electron chi connectivity index (χ2n) is 6.37. The molecule has 3 heteroatoms. The third-order valence-electron chi connectivity index (χ3n) is 4.80. The molecule has 1 heterocycles. The van der Waals surface area contributed by atoms with Crippen molar-refractivity contribution in [3.63, 3.8) is 0 Å². The average molecular weight is 287 g/mol. The smallest absolute Gasteiger partial charge is 0.328 e. The Morgan fingerprint density at radius 1 is 1.38 bits per heavy atom. The van der Waals surface area contributed by atoms with Crippen LogP contribution >= 0.6 is 0 Å². The van der Waals surface area contributed by atoms with Crippen LogP contribution in [0.25, 0.3) is 6.08 Å². The highest BCUT2D eigenvalue weighted by Gasteiger charge is 2.28. The Morgan fingerprint density at radius 3 is 2.57 bits per heavy atom. The molecule has 1 aliphatic heterocycles. The van der Waals surface area contributed by atoms with E-state index in [0.717, 1.165) is 18.7 Å². The fourth-order valence-corrected chi connectivity index (χ4v) is 2.95. The monoisotopic (exact) mass is 287 g/mol. The molecule has 114 valence electrons. The van der Waals surface area contributed by atoms with Crippen LogP contribution in [0.1, 0.15) is 44.2 Å². The van der Waals surface area contributed by atoms with Crippen LogP contribution in [0, 0.1) is 12.3 Å². The molecule has 0 aromatic heterocycles. The van der Waals surface area contributed by atoms with Gasteiger partial charge in [-0.3, -0.25) is 0 Å². The first-order valence-corrected chi connectivity index (χ1v) is 7.70. The lowest BCUT2D eigenvalue weighted by molar-refractivity contribution is -0.131. The summed E-state index contributed by atoms with van der Waals surface area (Å²) in [5.41, 5.74) is 3.92. The molecule has 21 heavy (non-hydrogen) atoms. The molecule has 0 amide bonds. The number of nitrogens with zero attached hydrogens (tertiary/aromatic N) is 1. The maximum Gasteiger partial charge on any atom is 0.328 e. The highest BCUT2D eigenvalue weighted by molar-refractivity contribution is 5.85. The zero-order valence-corrected chi connectivity index (χ0v) is 13.2. The van der Waals surface area contributed by atoms with Crippen LogP contribution in [0.5, 0.6) is 0 Å². The average Bonchev–Trinajstić information content (AvgIpc) is 2.46. The summed E-state index contributed by atoms with van der Waals surface area (Å²) in [7, 11) is 0. The molecule has 0 aliphatic carbocycles. The predicted octanol–water partition coefficient (Wildman–Crippen LogP) is 4.11. The van der Waals surface area contributed by atoms with Crippen molar-refractivity contribution >= 4 is 17.7 Å². The standard InChI is InChI=1S/C18H25NO2/c1-4-18(3)9-11-19(12-10-18)16-7-5-15(13-14(16)2)6-8-17(20)21/h5-8,13H,4,9-12H2,1-3H3,(H,20,21). The molecule has 0 unspecified atom stereocenters. The Bertz CT molecular complexity index is 540. The molecule has 0 atom stereocenters. The largest absolute Gasteiger partial charge is 0.478 e. The number of aryl methyl sites for hydroxylation is 1. The number of hydrogen-bond donors (Lipinski definition) is 1. The number of piperidine rings is 1. The van der Waals surface area contributed by atoms with Crippen LogP contribution in [-0.2, 0) is 4.79 Å². The Morgan fingerprint density at radius 2 is 2.05 bits per heavy atom. The van der Waals surface area contributed by atoms with Gasteiger partial charge in [-0.2, -0.15) is 0 Å². The normalized spacial score (nSPS) is 18.1. The number of benzene rings is 1. The minimum absolute atomic E-state index is 0.495. The number of hydrogen-bond acceptors (Lipinski definition) is 2. The van der Waals surface area contributed by atoms with Crippen molar-refractivity contribution in [2.75, 3.05) is 18.0 Å². The molecule has 1 N–H and O–H groups in total. The van der Waals surface area contributed by atoms with E-state index in [0.29, 0.717) is 5.41 Å². The van der Waals surface area contributed by atoms with E-state index in [1.54, 1.807) is 6.08 Å². The highest BCUT2D eigenvalue weighted by Crippen LogP contribution is 2.36. The van der Waals surface area contributed by atoms with Crippen molar-refractivity contribution in [2.24, 2.45) is 5.41 Å². The summed E-state index contributed by atoms with van der Waals surface area (Å²) in [6.07, 6.45) is 6.55. The van der Waals surface area contributed by atoms with E-state index < -0.39 is 5.97 Å². The molecule has 3 nitrogen and oxygen atoms in total. The third-order valence-corrected chi connectivity index (χ3v) is 4.80. The Labute approximate surface area is 127 Å². The van der Waals surface area contributed by atoms with E-state index in [2.05, 4.69) is 37.8 Å². The molecule has 1 aromatic carbocycles. The summed E-state index contributed by atoms with van der Waals surface area (Å²) in [6, 6.07) is 6.17. The van der Waals surface area contributed by atoms with Crippen LogP contribution in [0.4, 0.5) is 5.69 Å². The third kappa shape index (κ3) is 3.87. The van der Waals surface area contributed by atoms with Crippen LogP contribution in [-0.4, -0.2) is 24.2 Å². The van der Waals surface area contributed by atoms with Gasteiger partial charge in [-0.05, 0) is 54.5 Å². The quantitative estimate of drug-likeness (QED) is 0.847. The Hall–Kier alpha value is -1.77. The first-order chi connectivity index (χ1) is 9.93. The van der Waals surface area contributed by atoms with Crippen molar-refractivity contribution in [3.05, 3.63) is 35.4 Å². The van der Waals surface area contributed by atoms with Gasteiger partial charge in [0.25, 0.3) is 0 Å². The highest BCUT2D eigenvalue weighted by atomic mass is 16.4. The van der Waals surface area contributed by atoms with Gasteiger partial charge in [0, 0.05) is 24.9 Å². The van der Waals surface area contributed by atoms with Gasteiger partial charge in [0.15, 0.2) is 0 Å². The van der Waals surface area contributed by atoms with Gasteiger partial charge < -0.3 is 10.0 Å². The second-order valence-corrected chi connectivity index (χ2v) is 6.37. The zero-order valence-electron chi connectivity index (χ0n) is 13.2. The lowest BCUT2D eigenvalue weighted by atomic mass is 9.78. The van der Waals surface area contributed by atoms with Crippen molar-refractivity contribution in [2.45, 2.75) is 40.0 Å². The van der Waals surface area contributed by atoms with Gasteiger partial charge in [0.2, 0.25) is 0 Å². The van der Waals surface area contributed by atoms with Crippen LogP contribution in [0.15, 0.2) is 24.3 Å². The van der Waals surface area contributed by atoms with Crippen molar-refractivity contribution in [1.82, 2.24) is 0 Å². The van der Waals surface area contributed by atoms with Gasteiger partial charge in [0.05, 0.1) is 0 Å². The van der Waals surface area contributed by atoms with E-state index in [-0.39, 0.29) is 0 Å². The fraction of sp³-hybridized carbons (Fsp3) is 0.500. The summed E-state index contributed by atoms with van der Waals surface area (Å²) >= 11 is 0. The van der Waals surface area contributed by atoms with Crippen LogP contribution in [0.3, 0.4) is 0 Å². The maximum absolute atomic E-state index is 10.6. The molecular formula is C18H25NO2. The molecule has 0 saturated carbocycles. The summed E-state index contributed by atoms with van der Waals surface area (Å²) in [5.74, 6) is -0.911. The number of carboxylic acids is 1. The number of aliphatic carboxylic acids is 1. The van der Waals surface area contributed by atoms with Crippen LogP contribution in [0.2, 0.25) is 0 Å². The van der Waals surface area contributed by atoms with Crippen molar-refractivity contribution in [3.8, 4) is 0 Å². The second kappa shape index (κ2) is 6.33. The number of carboxylic acid groups (broad SMARTS) is 1. The maximum atomic E-state index is 10.6. The topological polar surface area (TPSA) is 40.5 Å². The molecule has 1 aromatic rings. The summed E-state index contributed by atoms with van der Waals surface area (Å²) in [6.45, 7) is 8.98. The lowest BCUT2D eigenvalue weighted by Gasteiger charge is -2.40. The first-order valence-electron chi connectivity index (χ1n) is 7.70. The molecule has 1 aliphatic rings. The first kappa shape index (κ1) is 15.6.